The molecule has 9 atom stereocenters. The second kappa shape index (κ2) is 45.5. The Morgan fingerprint density at radius 3 is 1.67 bits per heavy atom. The summed E-state index contributed by atoms with van der Waals surface area (Å²) in [4.78, 5) is 200. The van der Waals surface area contributed by atoms with Crippen molar-refractivity contribution in [2.45, 2.75) is 200 Å². The van der Waals surface area contributed by atoms with Crippen molar-refractivity contribution >= 4 is 82.6 Å². The zero-order chi connectivity index (χ0) is 87.9. The number of nitro groups is 2. The van der Waals surface area contributed by atoms with Gasteiger partial charge < -0.3 is 71.1 Å². The molecular weight excluding hydrogens is 1560 g/mol. The molecule has 6 aromatic carbocycles. The van der Waals surface area contributed by atoms with E-state index in [1.807, 2.05) is 30.3 Å². The van der Waals surface area contributed by atoms with Crippen molar-refractivity contribution < 1.29 is 91.1 Å². The van der Waals surface area contributed by atoms with Gasteiger partial charge in [-0.3, -0.25) is 72.7 Å². The lowest BCUT2D eigenvalue weighted by molar-refractivity contribution is -0.394. The molecule has 121 heavy (non-hydrogen) atoms. The first-order chi connectivity index (χ1) is 57.7. The predicted octanol–water partition coefficient (Wildman–Crippen LogP) is 8.11. The number of non-ortho nitro benzene ring substituents is 1. The number of nitro benzene ring substituents is 2. The summed E-state index contributed by atoms with van der Waals surface area (Å²) < 4.78 is 29.4. The van der Waals surface area contributed by atoms with Gasteiger partial charge in [-0.05, 0) is 110 Å². The number of carbonyl (C=O) groups excluding carboxylic acids is 12. The molecule has 2 heterocycles. The summed E-state index contributed by atoms with van der Waals surface area (Å²) in [6.45, 7) is 13.8. The molecule has 9 amide bonds. The molecule has 8 rings (SSSR count). The van der Waals surface area contributed by atoms with Crippen molar-refractivity contribution in [3.05, 3.63) is 230 Å². The molecule has 1 aliphatic heterocycles. The second-order valence-corrected chi connectivity index (χ2v) is 31.1. The van der Waals surface area contributed by atoms with E-state index in [0.29, 0.717) is 28.0 Å². The lowest BCUT2D eigenvalue weighted by atomic mass is 9.97. The minimum absolute atomic E-state index is 0.0204. The van der Waals surface area contributed by atoms with Gasteiger partial charge in [0.15, 0.2) is 0 Å². The fourth-order valence-corrected chi connectivity index (χ4v) is 13.0. The van der Waals surface area contributed by atoms with Crippen molar-refractivity contribution in [2.24, 2.45) is 17.8 Å². The van der Waals surface area contributed by atoms with Crippen molar-refractivity contribution in [3.8, 4) is 11.4 Å². The van der Waals surface area contributed by atoms with Crippen LogP contribution in [0.2, 0.25) is 0 Å². The number of amides is 9. The van der Waals surface area contributed by atoms with Crippen LogP contribution in [-0.2, 0) is 111 Å². The molecule has 0 aliphatic carbocycles. The van der Waals surface area contributed by atoms with Crippen LogP contribution in [0.5, 0.6) is 5.75 Å². The summed E-state index contributed by atoms with van der Waals surface area (Å²) in [6.07, 6.45) is -0.119. The van der Waals surface area contributed by atoms with Crippen LogP contribution in [0.1, 0.15) is 141 Å². The molecule has 34 heteroatoms. The van der Waals surface area contributed by atoms with Gasteiger partial charge in [0.05, 0.1) is 40.9 Å². The van der Waals surface area contributed by atoms with E-state index in [2.05, 4.69) is 47.5 Å². The molecule has 1 fully saturated rings. The van der Waals surface area contributed by atoms with Gasteiger partial charge in [0, 0.05) is 38.1 Å². The van der Waals surface area contributed by atoms with Crippen LogP contribution in [0.3, 0.4) is 0 Å². The average molecular weight is 1670 g/mol. The van der Waals surface area contributed by atoms with E-state index < -0.39 is 178 Å². The molecule has 8 N–H and O–H groups in total. The number of hydrogen-bond acceptors (Lipinski definition) is 22. The predicted molar refractivity (Wildman–Crippen MR) is 440 cm³/mol. The van der Waals surface area contributed by atoms with E-state index >= 15 is 4.79 Å². The van der Waals surface area contributed by atoms with E-state index in [1.54, 1.807) is 178 Å². The van der Waals surface area contributed by atoms with Crippen LogP contribution in [0.15, 0.2) is 176 Å². The molecule has 7 aromatic rings. The number of nitrogens with one attached hydrogen (secondary N) is 8. The molecule has 1 aromatic heterocycles. The minimum atomic E-state index is -1.75. The Hall–Kier alpha value is -13.4. The van der Waals surface area contributed by atoms with Gasteiger partial charge >= 0.3 is 24.0 Å². The van der Waals surface area contributed by atoms with Gasteiger partial charge in [-0.25, -0.2) is 14.6 Å². The maximum Gasteiger partial charge on any atom is 0.408 e. The Labute approximate surface area is 700 Å². The van der Waals surface area contributed by atoms with Crippen LogP contribution in [-0.4, -0.2) is 163 Å². The number of ether oxygens (including phenoxy) is 5. The SMILES string of the molecule is CC[C@H](C)[C@H](NC(=O)[C@@H]1CCCN1C(=O)[C@H](CC(=O)OCc1ccccc1)NC(=O)[C@@H](NC(=O)[C@H](CCC(=O)OCc1ccccc1)NC(=O)OC(C)(C)C)C(C)C)C(=O)NCC(=O)N[C@@H](Cc1cn(-c2ccc([N+](=O)[O-])cc2[N+](=O)[O-])cn1)C(=O)N[C@@H](CC(C)C)C(=O)N[C@@H](Cc1ccc(OCc2ccccc2)cc1)C(=O)OCc1ccccc1. The van der Waals surface area contributed by atoms with Gasteiger partial charge in [0.2, 0.25) is 47.3 Å². The highest BCUT2D eigenvalue weighted by molar-refractivity contribution is 5.99. The number of carbonyl (C=O) groups is 12. The fraction of sp³-hybridized carbons (Fsp3) is 0.414. The van der Waals surface area contributed by atoms with E-state index in [9.17, 15) is 73.0 Å². The number of nitrogens with zero attached hydrogens (tertiary/aromatic N) is 5. The zero-order valence-corrected chi connectivity index (χ0v) is 69.0. The highest BCUT2D eigenvalue weighted by Crippen LogP contribution is 2.29. The molecule has 34 nitrogen and oxygen atoms in total. The maximum absolute atomic E-state index is 15.1. The Balaban J connectivity index is 0.996. The first kappa shape index (κ1) is 93.1. The van der Waals surface area contributed by atoms with Crippen LogP contribution in [0, 0.1) is 38.0 Å². The van der Waals surface area contributed by atoms with E-state index in [-0.39, 0.29) is 95.2 Å². The number of aromatic nitrogens is 2. The largest absolute Gasteiger partial charge is 0.489 e. The normalized spacial score (nSPS) is 14.4. The molecule has 0 unspecified atom stereocenters. The Morgan fingerprint density at radius 2 is 1.11 bits per heavy atom. The topological polar surface area (TPSA) is 455 Å². The lowest BCUT2D eigenvalue weighted by Gasteiger charge is -2.32. The van der Waals surface area contributed by atoms with Crippen LogP contribution >= 0.6 is 0 Å². The summed E-state index contributed by atoms with van der Waals surface area (Å²) in [5.41, 5.74) is 1.10. The van der Waals surface area contributed by atoms with Crippen LogP contribution in [0.4, 0.5) is 16.2 Å². The Kier molecular flexibility index (Phi) is 35.0. The molecule has 1 aliphatic rings. The number of hydrogen-bond donors (Lipinski definition) is 8. The quantitative estimate of drug-likeness (QED) is 0.00774. The molecule has 1 saturated heterocycles. The number of imidazole rings is 1. The third kappa shape index (κ3) is 29.9. The van der Waals surface area contributed by atoms with Gasteiger partial charge in [0.1, 0.15) is 91.8 Å². The first-order valence-corrected chi connectivity index (χ1v) is 39.9. The third-order valence-corrected chi connectivity index (χ3v) is 19.5. The second-order valence-electron chi connectivity index (χ2n) is 31.1. The molecule has 644 valence electrons. The van der Waals surface area contributed by atoms with Gasteiger partial charge in [-0.15, -0.1) is 0 Å². The number of rotatable bonds is 43. The summed E-state index contributed by atoms with van der Waals surface area (Å²) in [6, 6.07) is 33.8. The maximum atomic E-state index is 15.1. The molecule has 0 saturated carbocycles. The molecule has 0 bridgehead atoms. The minimum Gasteiger partial charge on any atom is -0.489 e. The average Bonchev–Trinajstić information content (AvgIpc) is 1.73. The first-order valence-electron chi connectivity index (χ1n) is 39.9. The molecular formula is C87H105N13O21. The molecule has 0 radical (unpaired) electrons. The zero-order valence-electron chi connectivity index (χ0n) is 69.0. The Morgan fingerprint density at radius 1 is 0.554 bits per heavy atom. The third-order valence-electron chi connectivity index (χ3n) is 19.5. The number of likely N-dealkylation sites (tertiary alicyclic amines) is 1. The van der Waals surface area contributed by atoms with Gasteiger partial charge in [-0.1, -0.05) is 181 Å². The van der Waals surface area contributed by atoms with E-state index in [0.717, 1.165) is 35.0 Å². The summed E-state index contributed by atoms with van der Waals surface area (Å²) in [5.74, 6) is -10.9. The van der Waals surface area contributed by atoms with Crippen molar-refractivity contribution in [2.75, 3.05) is 13.1 Å². The summed E-state index contributed by atoms with van der Waals surface area (Å²) >= 11 is 0. The number of esters is 3. The van der Waals surface area contributed by atoms with Crippen molar-refractivity contribution in [1.82, 2.24) is 57.0 Å². The summed E-state index contributed by atoms with van der Waals surface area (Å²) in [7, 11) is 0. The molecule has 0 spiro atoms. The van der Waals surface area contributed by atoms with Crippen LogP contribution in [0.25, 0.3) is 5.69 Å². The lowest BCUT2D eigenvalue weighted by Crippen LogP contribution is -2.60. The van der Waals surface area contributed by atoms with Crippen molar-refractivity contribution in [1.29, 1.82) is 0 Å². The van der Waals surface area contributed by atoms with E-state index in [1.165, 1.54) is 10.8 Å². The number of alkyl carbamates (subject to hydrolysis) is 1. The fourth-order valence-electron chi connectivity index (χ4n) is 13.0. The van der Waals surface area contributed by atoms with Gasteiger partial charge in [-0.2, -0.15) is 0 Å². The van der Waals surface area contributed by atoms with E-state index in [4.69, 9.17) is 23.7 Å². The number of benzene rings is 6. The highest BCUT2D eigenvalue weighted by atomic mass is 16.6. The monoisotopic (exact) mass is 1670 g/mol. The van der Waals surface area contributed by atoms with Crippen molar-refractivity contribution in [3.63, 3.8) is 0 Å². The standard InChI is InChI=1S/C87H105N13O21/c1-10-56(6)77(96-81(107)71-32-23-41-98(71)84(110)68(46-75(103)119-51-60-28-19-13-20-29-60)92-83(109)76(55(4)5)95-78(104)65(94-86(112)121-87(7,8)9)38-40-74(102)118-50-59-26-17-12-18-27-59)82(108)88-47-73(101)90-67(44-62-48-97(53-89-62)70-39-35-63(99(113)114)45-72(70)100(115)116)80(106)91-66(42-54(2)3)79(105)93-69(85(111)120-52-61-30-21-14-22-31-61)43-57-33-36-64(37-34-57)117-49-58-24-15-11-16-25-58/h11-22,24-31,33-37,39,45,48,53-56,65-69,71,76-77H,10,23,32,38,40-44,46-47,49-52H2,1-9H3,(H,88,108)(H,90,101)(H,91,106)(H,92,109)(H,93,105)(H,94,112)(H,95,104)(H,96,107)/t56-,65-,66-,67-,68-,69-,71-,76-,77-/m0/s1. The van der Waals surface area contributed by atoms with Crippen LogP contribution < -0.4 is 47.3 Å². The summed E-state index contributed by atoms with van der Waals surface area (Å²) in [5, 5.41) is 45.0. The van der Waals surface area contributed by atoms with Gasteiger partial charge in [0.25, 0.3) is 11.4 Å². The Bertz CT molecular complexity index is 4720. The highest BCUT2D eigenvalue weighted by Gasteiger charge is 2.43. The smallest absolute Gasteiger partial charge is 0.408 e.